The molecule has 1 atom stereocenters. The number of para-hydroxylation sites is 1. The van der Waals surface area contributed by atoms with E-state index in [1.807, 2.05) is 24.3 Å². The van der Waals surface area contributed by atoms with Crippen LogP contribution < -0.4 is 24.5 Å². The van der Waals surface area contributed by atoms with Crippen LogP contribution >= 0.6 is 0 Å². The zero-order valence-corrected chi connectivity index (χ0v) is 17.2. The Balaban J connectivity index is 1.59. The van der Waals surface area contributed by atoms with Gasteiger partial charge in [0.05, 0.1) is 58.9 Å². The monoisotopic (exact) mass is 394 g/mol. The maximum absolute atomic E-state index is 6.74. The molecule has 2 aromatic rings. The van der Waals surface area contributed by atoms with Crippen molar-refractivity contribution in [3.63, 3.8) is 0 Å². The van der Waals surface area contributed by atoms with E-state index in [9.17, 15) is 0 Å². The number of quaternary nitrogens is 1. The molecule has 0 bridgehead atoms. The lowest BCUT2D eigenvalue weighted by Gasteiger charge is -2.50. The summed E-state index contributed by atoms with van der Waals surface area (Å²) in [6, 6.07) is 14.4. The maximum atomic E-state index is 6.74. The van der Waals surface area contributed by atoms with Crippen LogP contribution in [-0.4, -0.2) is 45.1 Å². The van der Waals surface area contributed by atoms with Crippen molar-refractivity contribution < 1.29 is 19.1 Å². The van der Waals surface area contributed by atoms with Crippen molar-refractivity contribution >= 4 is 5.70 Å². The van der Waals surface area contributed by atoms with Gasteiger partial charge in [-0.2, -0.15) is 5.01 Å². The fourth-order valence-electron chi connectivity index (χ4n) is 4.69. The summed E-state index contributed by atoms with van der Waals surface area (Å²) >= 11 is 0. The predicted octanol–water partition coefficient (Wildman–Crippen LogP) is 2.00. The lowest BCUT2D eigenvalue weighted by Crippen LogP contribution is -3.11. The Morgan fingerprint density at radius 2 is 1.90 bits per heavy atom. The number of nitrogens with zero attached hydrogens (tertiary/aromatic N) is 1. The number of methoxy groups -OCH3 is 2. The minimum absolute atomic E-state index is 0.0912. The molecule has 3 heterocycles. The SMILES string of the molecule is COc1cccc(C2=C[C@H]3c4cccc(OC)c4OC4(CC[NH+](C)CC4)N3N2)c1. The molecule has 1 spiro atoms. The minimum Gasteiger partial charge on any atom is -0.497 e. The van der Waals surface area contributed by atoms with E-state index in [1.165, 1.54) is 0 Å². The maximum Gasteiger partial charge on any atom is 0.191 e. The van der Waals surface area contributed by atoms with Gasteiger partial charge in [0, 0.05) is 11.1 Å². The summed E-state index contributed by atoms with van der Waals surface area (Å²) in [7, 11) is 5.66. The molecule has 0 saturated carbocycles. The van der Waals surface area contributed by atoms with Gasteiger partial charge in [0.25, 0.3) is 0 Å². The highest BCUT2D eigenvalue weighted by Crippen LogP contribution is 2.50. The van der Waals surface area contributed by atoms with Crippen molar-refractivity contribution in [1.82, 2.24) is 10.4 Å². The number of rotatable bonds is 3. The molecule has 29 heavy (non-hydrogen) atoms. The van der Waals surface area contributed by atoms with E-state index >= 15 is 0 Å². The molecule has 3 aliphatic rings. The van der Waals surface area contributed by atoms with Gasteiger partial charge < -0.3 is 24.5 Å². The number of ether oxygens (including phenoxy) is 3. The summed E-state index contributed by atoms with van der Waals surface area (Å²) in [5.74, 6) is 2.53. The first-order valence-electron chi connectivity index (χ1n) is 10.2. The highest BCUT2D eigenvalue weighted by atomic mass is 16.5. The smallest absolute Gasteiger partial charge is 0.191 e. The van der Waals surface area contributed by atoms with Crippen LogP contribution in [0, 0.1) is 0 Å². The number of hydrogen-bond acceptors (Lipinski definition) is 5. The third-order valence-corrected chi connectivity index (χ3v) is 6.39. The highest BCUT2D eigenvalue weighted by molar-refractivity contribution is 5.69. The van der Waals surface area contributed by atoms with Crippen molar-refractivity contribution in [1.29, 1.82) is 0 Å². The second-order valence-corrected chi connectivity index (χ2v) is 8.12. The van der Waals surface area contributed by atoms with Gasteiger partial charge in [-0.15, -0.1) is 0 Å². The van der Waals surface area contributed by atoms with Crippen LogP contribution in [0.3, 0.4) is 0 Å². The van der Waals surface area contributed by atoms with E-state index in [1.54, 1.807) is 19.1 Å². The molecule has 6 heteroatoms. The Labute approximate surface area is 171 Å². The third kappa shape index (κ3) is 2.94. The molecule has 0 amide bonds. The molecule has 0 unspecified atom stereocenters. The molecule has 0 radical (unpaired) electrons. The van der Waals surface area contributed by atoms with Crippen molar-refractivity contribution in [2.45, 2.75) is 24.6 Å². The molecule has 3 aliphatic heterocycles. The van der Waals surface area contributed by atoms with Gasteiger partial charge in [0.2, 0.25) is 0 Å². The average Bonchev–Trinajstić information content (AvgIpc) is 3.22. The summed E-state index contributed by atoms with van der Waals surface area (Å²) in [4.78, 5) is 1.54. The molecule has 5 rings (SSSR count). The Morgan fingerprint density at radius 3 is 2.66 bits per heavy atom. The summed E-state index contributed by atoms with van der Waals surface area (Å²) in [5.41, 5.74) is 6.61. The van der Waals surface area contributed by atoms with E-state index < -0.39 is 0 Å². The zero-order chi connectivity index (χ0) is 20.0. The second kappa shape index (κ2) is 6.97. The first kappa shape index (κ1) is 18.3. The van der Waals surface area contributed by atoms with Crippen LogP contribution in [0.25, 0.3) is 5.70 Å². The molecular weight excluding hydrogens is 366 g/mol. The second-order valence-electron chi connectivity index (χ2n) is 8.12. The number of benzene rings is 2. The van der Waals surface area contributed by atoms with Crippen LogP contribution in [0.15, 0.2) is 48.5 Å². The molecule has 2 aromatic carbocycles. The van der Waals surface area contributed by atoms with E-state index in [0.29, 0.717) is 0 Å². The van der Waals surface area contributed by atoms with Crippen LogP contribution in [0.5, 0.6) is 17.2 Å². The summed E-state index contributed by atoms with van der Waals surface area (Å²) in [5, 5.41) is 2.32. The minimum atomic E-state index is -0.386. The van der Waals surface area contributed by atoms with E-state index in [4.69, 9.17) is 14.2 Å². The van der Waals surface area contributed by atoms with Crippen LogP contribution in [0.2, 0.25) is 0 Å². The topological polar surface area (TPSA) is 47.4 Å². The Kier molecular flexibility index (Phi) is 4.41. The summed E-state index contributed by atoms with van der Waals surface area (Å²) < 4.78 is 17.8. The fourth-order valence-corrected chi connectivity index (χ4v) is 4.69. The van der Waals surface area contributed by atoms with Crippen LogP contribution in [0.1, 0.15) is 30.0 Å². The van der Waals surface area contributed by atoms with Crippen LogP contribution in [0.4, 0.5) is 0 Å². The van der Waals surface area contributed by atoms with Crippen molar-refractivity contribution in [3.8, 4) is 17.2 Å². The molecule has 6 nitrogen and oxygen atoms in total. The van der Waals surface area contributed by atoms with Crippen LogP contribution in [-0.2, 0) is 0 Å². The molecular formula is C23H28N3O3+. The van der Waals surface area contributed by atoms with Gasteiger partial charge >= 0.3 is 0 Å². The summed E-state index contributed by atoms with van der Waals surface area (Å²) in [6.07, 6.45) is 4.21. The number of likely N-dealkylation sites (tertiary alicyclic amines) is 1. The first-order chi connectivity index (χ1) is 14.1. The van der Waals surface area contributed by atoms with Gasteiger partial charge in [0.1, 0.15) is 5.75 Å². The number of hydrazine groups is 1. The Bertz CT molecular complexity index is 950. The van der Waals surface area contributed by atoms with E-state index in [-0.39, 0.29) is 11.8 Å². The fraction of sp³-hybridized carbons (Fsp3) is 0.391. The molecule has 0 aliphatic carbocycles. The normalized spacial score (nSPS) is 28.0. The number of hydrogen-bond donors (Lipinski definition) is 2. The quantitative estimate of drug-likeness (QED) is 0.834. The first-order valence-corrected chi connectivity index (χ1v) is 10.2. The van der Waals surface area contributed by atoms with Crippen molar-refractivity contribution in [3.05, 3.63) is 59.7 Å². The van der Waals surface area contributed by atoms with Crippen molar-refractivity contribution in [2.24, 2.45) is 0 Å². The number of piperidine rings is 1. The molecule has 0 aromatic heterocycles. The van der Waals surface area contributed by atoms with E-state index in [0.717, 1.165) is 60.0 Å². The molecule has 1 fully saturated rings. The standard InChI is InChI=1S/C23H27N3O3/c1-25-12-10-23(11-13-25)26-20(18-8-5-9-21(28-3)22(18)29-23)15-19(24-26)16-6-4-7-17(14-16)27-2/h4-9,14-15,20,24H,10-13H2,1-3H3/p+1/t20-/m0/s1. The van der Waals surface area contributed by atoms with Gasteiger partial charge in [-0.05, 0) is 24.3 Å². The third-order valence-electron chi connectivity index (χ3n) is 6.39. The molecule has 1 saturated heterocycles. The van der Waals surface area contributed by atoms with Gasteiger partial charge in [0.15, 0.2) is 17.2 Å². The predicted molar refractivity (Wildman–Crippen MR) is 111 cm³/mol. The molecule has 152 valence electrons. The number of fused-ring (bicyclic) bond motifs is 4. The Morgan fingerprint density at radius 1 is 1.10 bits per heavy atom. The number of nitrogens with one attached hydrogen (secondary N) is 2. The van der Waals surface area contributed by atoms with Gasteiger partial charge in [-0.3, -0.25) is 0 Å². The average molecular weight is 394 g/mol. The highest BCUT2D eigenvalue weighted by Gasteiger charge is 2.53. The van der Waals surface area contributed by atoms with Gasteiger partial charge in [-0.1, -0.05) is 24.3 Å². The largest absolute Gasteiger partial charge is 0.497 e. The summed E-state index contributed by atoms with van der Waals surface area (Å²) in [6.45, 7) is 2.15. The van der Waals surface area contributed by atoms with Gasteiger partial charge in [-0.25, -0.2) is 0 Å². The van der Waals surface area contributed by atoms with Crippen molar-refractivity contribution in [2.75, 3.05) is 34.4 Å². The zero-order valence-electron chi connectivity index (χ0n) is 17.2. The Hall–Kier alpha value is -2.70. The lowest BCUT2D eigenvalue weighted by atomic mass is 9.92. The van der Waals surface area contributed by atoms with E-state index in [2.05, 4.69) is 41.8 Å². The molecule has 2 N–H and O–H groups in total. The lowest BCUT2D eigenvalue weighted by molar-refractivity contribution is -0.888.